The summed E-state index contributed by atoms with van der Waals surface area (Å²) in [7, 11) is 1.74. The minimum absolute atomic E-state index is 0.0320. The third-order valence-electron chi connectivity index (χ3n) is 4.83. The number of hydrogen-bond donors (Lipinski definition) is 6. The van der Waals surface area contributed by atoms with Crippen LogP contribution < -0.4 is 21.3 Å². The van der Waals surface area contributed by atoms with Crippen LogP contribution in [0.2, 0.25) is 0 Å². The highest BCUT2D eigenvalue weighted by atomic mass is 16.4. The molecule has 1 unspecified atom stereocenters. The molecule has 0 radical (unpaired) electrons. The summed E-state index contributed by atoms with van der Waals surface area (Å²) in [5.41, 5.74) is 0.344. The number of benzene rings is 1. The van der Waals surface area contributed by atoms with Crippen LogP contribution in [0.1, 0.15) is 42.5 Å². The highest BCUT2D eigenvalue weighted by molar-refractivity contribution is 5.97. The largest absolute Gasteiger partial charge is 0.481 e. The zero-order valence-corrected chi connectivity index (χ0v) is 18.5. The number of carboxylic acid groups (broad SMARTS) is 1. The molecule has 1 rings (SSSR count). The fourth-order valence-corrected chi connectivity index (χ4v) is 3.10. The summed E-state index contributed by atoms with van der Waals surface area (Å²) >= 11 is 0. The van der Waals surface area contributed by atoms with E-state index in [1.807, 2.05) is 0 Å². The van der Waals surface area contributed by atoms with Crippen molar-refractivity contribution < 1.29 is 34.2 Å². The van der Waals surface area contributed by atoms with Crippen molar-refractivity contribution in [3.8, 4) is 0 Å². The van der Waals surface area contributed by atoms with Gasteiger partial charge in [-0.3, -0.25) is 19.7 Å². The van der Waals surface area contributed by atoms with E-state index in [-0.39, 0.29) is 12.8 Å². The first-order chi connectivity index (χ1) is 15.8. The Morgan fingerprint density at radius 2 is 1.76 bits per heavy atom. The number of rotatable bonds is 17. The molecule has 6 N–H and O–H groups in total. The molecule has 182 valence electrons. The molecule has 11 heteroatoms. The number of nitrogens with one attached hydrogen (secondary N) is 4. The second kappa shape index (κ2) is 15.6. The zero-order chi connectivity index (χ0) is 24.6. The standard InChI is InChI=1S/C22H32N4O7/c1-23-11-5-9-17(21(32)24-16(14-28)13-19(29)30)26-22(33)18(10-6-12-27)25-20(31)15-7-3-2-4-8-15/h2-4,7-8,12,14,16-18,21,23-24,32H,5-6,9-11,13H2,1H3,(H,25,31)(H,26,33)(H,29,30)/t16-,17-,18-,21?/m0/s1. The zero-order valence-electron chi connectivity index (χ0n) is 18.5. The second-order valence-electron chi connectivity index (χ2n) is 7.45. The Morgan fingerprint density at radius 3 is 2.33 bits per heavy atom. The van der Waals surface area contributed by atoms with E-state index in [4.69, 9.17) is 5.11 Å². The summed E-state index contributed by atoms with van der Waals surface area (Å²) in [6, 6.07) is 5.20. The molecule has 4 atom stereocenters. The highest BCUT2D eigenvalue weighted by Gasteiger charge is 2.28. The van der Waals surface area contributed by atoms with Gasteiger partial charge in [0.15, 0.2) is 0 Å². The molecule has 0 bridgehead atoms. The minimum atomic E-state index is -1.42. The average Bonchev–Trinajstić information content (AvgIpc) is 2.80. The molecule has 1 aromatic rings. The molecule has 0 aliphatic heterocycles. The van der Waals surface area contributed by atoms with Crippen LogP contribution >= 0.6 is 0 Å². The van der Waals surface area contributed by atoms with Crippen molar-refractivity contribution in [3.05, 3.63) is 35.9 Å². The van der Waals surface area contributed by atoms with E-state index in [2.05, 4.69) is 21.3 Å². The Labute approximate surface area is 192 Å². The van der Waals surface area contributed by atoms with Crippen LogP contribution in [0.5, 0.6) is 0 Å². The Hall–Kier alpha value is -3.15. The van der Waals surface area contributed by atoms with Crippen molar-refractivity contribution in [1.29, 1.82) is 0 Å². The van der Waals surface area contributed by atoms with Gasteiger partial charge in [0.2, 0.25) is 5.91 Å². The Kier molecular flexibility index (Phi) is 13.2. The van der Waals surface area contributed by atoms with Crippen LogP contribution in [-0.2, 0) is 19.2 Å². The Bertz CT molecular complexity index is 775. The molecular formula is C22H32N4O7. The van der Waals surface area contributed by atoms with Gasteiger partial charge in [-0.1, -0.05) is 18.2 Å². The van der Waals surface area contributed by atoms with Crippen LogP contribution in [-0.4, -0.2) is 78.5 Å². The quantitative estimate of drug-likeness (QED) is 0.0979. The van der Waals surface area contributed by atoms with Crippen LogP contribution in [0.3, 0.4) is 0 Å². The Morgan fingerprint density at radius 1 is 1.06 bits per heavy atom. The van der Waals surface area contributed by atoms with E-state index in [1.54, 1.807) is 37.4 Å². The van der Waals surface area contributed by atoms with E-state index in [0.717, 1.165) is 0 Å². The van der Waals surface area contributed by atoms with Gasteiger partial charge in [0.1, 0.15) is 24.8 Å². The summed E-state index contributed by atoms with van der Waals surface area (Å²) < 4.78 is 0. The molecule has 11 nitrogen and oxygen atoms in total. The molecule has 0 saturated heterocycles. The molecule has 33 heavy (non-hydrogen) atoms. The molecule has 1 aromatic carbocycles. The minimum Gasteiger partial charge on any atom is -0.481 e. The van der Waals surface area contributed by atoms with E-state index in [1.165, 1.54) is 0 Å². The SMILES string of the molecule is CNCCC[C@H](NC(=O)[C@H](CCC=O)NC(=O)c1ccccc1)C(O)N[C@H](C=O)CC(=O)O. The summed E-state index contributed by atoms with van der Waals surface area (Å²) in [6.07, 6.45) is -0.00932. The lowest BCUT2D eigenvalue weighted by Crippen LogP contribution is -2.57. The lowest BCUT2D eigenvalue weighted by molar-refractivity contribution is -0.139. The number of carboxylic acids is 1. The van der Waals surface area contributed by atoms with Gasteiger partial charge in [0.05, 0.1) is 18.5 Å². The van der Waals surface area contributed by atoms with Crippen LogP contribution in [0.25, 0.3) is 0 Å². The van der Waals surface area contributed by atoms with Crippen molar-refractivity contribution in [1.82, 2.24) is 21.3 Å². The highest BCUT2D eigenvalue weighted by Crippen LogP contribution is 2.07. The monoisotopic (exact) mass is 464 g/mol. The van der Waals surface area contributed by atoms with E-state index < -0.39 is 48.6 Å². The first kappa shape index (κ1) is 27.9. The molecule has 2 amide bonds. The topological polar surface area (TPSA) is 174 Å². The summed E-state index contributed by atoms with van der Waals surface area (Å²) in [6.45, 7) is 0.588. The third kappa shape index (κ3) is 10.8. The molecule has 0 spiro atoms. The predicted octanol–water partition coefficient (Wildman–Crippen LogP) is -0.801. The maximum Gasteiger partial charge on any atom is 0.305 e. The van der Waals surface area contributed by atoms with Gasteiger partial charge in [-0.05, 0) is 45.0 Å². The number of hydrogen-bond acceptors (Lipinski definition) is 8. The lowest BCUT2D eigenvalue weighted by Gasteiger charge is -2.29. The van der Waals surface area contributed by atoms with Gasteiger partial charge < -0.3 is 35.8 Å². The molecule has 0 saturated carbocycles. The van der Waals surface area contributed by atoms with Crippen LogP contribution in [0.4, 0.5) is 0 Å². The number of amides is 2. The van der Waals surface area contributed by atoms with E-state index in [0.29, 0.717) is 37.5 Å². The number of aliphatic hydroxyl groups is 1. The van der Waals surface area contributed by atoms with Gasteiger partial charge >= 0.3 is 5.97 Å². The average molecular weight is 465 g/mol. The smallest absolute Gasteiger partial charge is 0.305 e. The summed E-state index contributed by atoms with van der Waals surface area (Å²) in [5.74, 6) is -2.33. The van der Waals surface area contributed by atoms with Gasteiger partial charge in [-0.25, -0.2) is 0 Å². The van der Waals surface area contributed by atoms with Gasteiger partial charge in [0, 0.05) is 12.0 Å². The maximum atomic E-state index is 12.9. The van der Waals surface area contributed by atoms with E-state index >= 15 is 0 Å². The van der Waals surface area contributed by atoms with Gasteiger partial charge in [-0.15, -0.1) is 0 Å². The fraction of sp³-hybridized carbons (Fsp3) is 0.500. The number of aliphatic hydroxyl groups excluding tert-OH is 1. The van der Waals surface area contributed by atoms with Gasteiger partial charge in [0.25, 0.3) is 5.91 Å². The predicted molar refractivity (Wildman–Crippen MR) is 119 cm³/mol. The number of aldehydes is 2. The molecule has 0 fully saturated rings. The first-order valence-electron chi connectivity index (χ1n) is 10.7. The molecule has 0 aliphatic rings. The number of carbonyl (C=O) groups excluding carboxylic acids is 4. The van der Waals surface area contributed by atoms with Crippen LogP contribution in [0.15, 0.2) is 30.3 Å². The van der Waals surface area contributed by atoms with E-state index in [9.17, 15) is 29.1 Å². The molecule has 0 heterocycles. The van der Waals surface area contributed by atoms with Crippen molar-refractivity contribution in [2.75, 3.05) is 13.6 Å². The Balaban J connectivity index is 2.93. The summed E-state index contributed by atoms with van der Waals surface area (Å²) in [5, 5.41) is 30.1. The van der Waals surface area contributed by atoms with Gasteiger partial charge in [-0.2, -0.15) is 0 Å². The first-order valence-corrected chi connectivity index (χ1v) is 10.7. The van der Waals surface area contributed by atoms with Crippen molar-refractivity contribution in [2.45, 2.75) is 56.5 Å². The van der Waals surface area contributed by atoms with Crippen LogP contribution in [0, 0.1) is 0 Å². The second-order valence-corrected chi connectivity index (χ2v) is 7.45. The normalized spacial score (nSPS) is 14.4. The lowest BCUT2D eigenvalue weighted by atomic mass is 10.1. The third-order valence-corrected chi connectivity index (χ3v) is 4.83. The van der Waals surface area contributed by atoms with Crippen molar-refractivity contribution in [3.63, 3.8) is 0 Å². The maximum absolute atomic E-state index is 12.9. The number of carbonyl (C=O) groups is 5. The summed E-state index contributed by atoms with van der Waals surface area (Å²) in [4.78, 5) is 58.3. The van der Waals surface area contributed by atoms with Crippen molar-refractivity contribution >= 4 is 30.4 Å². The molecule has 0 aromatic heterocycles. The number of aliphatic carboxylic acids is 1. The molecular weight excluding hydrogens is 432 g/mol. The fourth-order valence-electron chi connectivity index (χ4n) is 3.10. The molecule has 0 aliphatic carbocycles. The van der Waals surface area contributed by atoms with Crippen molar-refractivity contribution in [2.24, 2.45) is 0 Å².